The molecular weight excluding hydrogens is 256 g/mol. The van der Waals surface area contributed by atoms with Crippen molar-refractivity contribution >= 4 is 31.8 Å². The summed E-state index contributed by atoms with van der Waals surface area (Å²) in [7, 11) is 0. The van der Waals surface area contributed by atoms with E-state index in [-0.39, 0.29) is 0 Å². The molecule has 0 unspecified atom stereocenters. The van der Waals surface area contributed by atoms with Gasteiger partial charge in [0.05, 0.1) is 16.6 Å². The number of aromatic nitrogens is 4. The fourth-order valence-corrected chi connectivity index (χ4v) is 3.07. The van der Waals surface area contributed by atoms with E-state index in [0.717, 1.165) is 31.7 Å². The molecule has 0 radical (unpaired) electrons. The molecule has 0 amide bonds. The lowest BCUT2D eigenvalue weighted by atomic mass is 10.1. The molecule has 1 aromatic carbocycles. The van der Waals surface area contributed by atoms with Gasteiger partial charge in [-0.25, -0.2) is 4.98 Å². The van der Waals surface area contributed by atoms with Crippen LogP contribution in [0.1, 0.15) is 0 Å². The first-order valence-corrected chi connectivity index (χ1v) is 6.66. The molecular formula is C14H8N4S. The molecule has 0 aliphatic heterocycles. The molecule has 4 rings (SSSR count). The molecule has 19 heavy (non-hydrogen) atoms. The summed E-state index contributed by atoms with van der Waals surface area (Å²) in [4.78, 5) is 5.68. The van der Waals surface area contributed by atoms with E-state index in [1.165, 1.54) is 0 Å². The quantitative estimate of drug-likeness (QED) is 0.529. The van der Waals surface area contributed by atoms with Crippen LogP contribution in [0.5, 0.6) is 0 Å². The van der Waals surface area contributed by atoms with Gasteiger partial charge in [0.15, 0.2) is 0 Å². The third kappa shape index (κ3) is 1.67. The summed E-state index contributed by atoms with van der Waals surface area (Å²) in [5.41, 5.74) is 2.97. The Labute approximate surface area is 112 Å². The SMILES string of the molecule is c1ccc(-c2ccc3c(n2)sc2cnnnc23)cc1. The van der Waals surface area contributed by atoms with Crippen LogP contribution in [0, 0.1) is 0 Å². The zero-order chi connectivity index (χ0) is 12.7. The maximum Gasteiger partial charge on any atom is 0.126 e. The number of pyridine rings is 1. The minimum absolute atomic E-state index is 0.877. The molecule has 0 saturated heterocycles. The second-order valence-corrected chi connectivity index (χ2v) is 5.19. The number of benzene rings is 1. The van der Waals surface area contributed by atoms with Crippen molar-refractivity contribution in [3.05, 3.63) is 48.7 Å². The van der Waals surface area contributed by atoms with Gasteiger partial charge in [-0.2, -0.15) is 0 Å². The summed E-state index contributed by atoms with van der Waals surface area (Å²) in [6, 6.07) is 14.2. The largest absolute Gasteiger partial charge is 0.237 e. The van der Waals surface area contributed by atoms with E-state index >= 15 is 0 Å². The van der Waals surface area contributed by atoms with E-state index in [4.69, 9.17) is 4.98 Å². The third-order valence-corrected chi connectivity index (χ3v) is 4.02. The Kier molecular flexibility index (Phi) is 2.25. The highest BCUT2D eigenvalue weighted by molar-refractivity contribution is 7.25. The maximum absolute atomic E-state index is 4.71. The topological polar surface area (TPSA) is 51.6 Å². The Hall–Kier alpha value is -2.40. The smallest absolute Gasteiger partial charge is 0.126 e. The molecule has 3 aromatic heterocycles. The zero-order valence-electron chi connectivity index (χ0n) is 9.82. The van der Waals surface area contributed by atoms with E-state index < -0.39 is 0 Å². The Bertz CT molecular complexity index is 870. The molecule has 5 heteroatoms. The summed E-state index contributed by atoms with van der Waals surface area (Å²) in [5, 5.41) is 12.6. The van der Waals surface area contributed by atoms with Crippen molar-refractivity contribution < 1.29 is 0 Å². The molecule has 0 atom stereocenters. The number of nitrogens with zero attached hydrogens (tertiary/aromatic N) is 4. The normalized spacial score (nSPS) is 11.2. The summed E-state index contributed by atoms with van der Waals surface area (Å²) in [5.74, 6) is 0. The van der Waals surface area contributed by atoms with Crippen LogP contribution in [-0.4, -0.2) is 20.4 Å². The zero-order valence-corrected chi connectivity index (χ0v) is 10.6. The first-order chi connectivity index (χ1) is 9.42. The van der Waals surface area contributed by atoms with Gasteiger partial charge in [-0.1, -0.05) is 30.3 Å². The van der Waals surface area contributed by atoms with E-state index in [0.29, 0.717) is 0 Å². The monoisotopic (exact) mass is 264 g/mol. The summed E-state index contributed by atoms with van der Waals surface area (Å²) in [6.45, 7) is 0. The van der Waals surface area contributed by atoms with Gasteiger partial charge in [0.2, 0.25) is 0 Å². The van der Waals surface area contributed by atoms with Crippen molar-refractivity contribution in [3.63, 3.8) is 0 Å². The minimum Gasteiger partial charge on any atom is -0.237 e. The summed E-state index contributed by atoms with van der Waals surface area (Å²) in [6.07, 6.45) is 1.73. The van der Waals surface area contributed by atoms with Gasteiger partial charge in [0.25, 0.3) is 0 Å². The first kappa shape index (κ1) is 10.5. The number of hydrogen-bond acceptors (Lipinski definition) is 5. The average molecular weight is 264 g/mol. The van der Waals surface area contributed by atoms with Crippen molar-refractivity contribution in [3.8, 4) is 11.3 Å². The highest BCUT2D eigenvalue weighted by Crippen LogP contribution is 2.31. The second kappa shape index (κ2) is 4.07. The number of rotatable bonds is 1. The molecule has 0 spiro atoms. The maximum atomic E-state index is 4.71. The van der Waals surface area contributed by atoms with Crippen molar-refractivity contribution in [2.24, 2.45) is 0 Å². The average Bonchev–Trinajstić information content (AvgIpc) is 2.86. The van der Waals surface area contributed by atoms with Gasteiger partial charge in [0, 0.05) is 10.9 Å². The Morgan fingerprint density at radius 3 is 2.74 bits per heavy atom. The summed E-state index contributed by atoms with van der Waals surface area (Å²) < 4.78 is 1.02. The first-order valence-electron chi connectivity index (χ1n) is 5.85. The van der Waals surface area contributed by atoms with Crippen LogP contribution >= 0.6 is 11.3 Å². The van der Waals surface area contributed by atoms with Crippen LogP contribution in [-0.2, 0) is 0 Å². The van der Waals surface area contributed by atoms with Crippen molar-refractivity contribution in [1.29, 1.82) is 0 Å². The predicted octanol–water partition coefficient (Wildman–Crippen LogP) is 3.30. The highest BCUT2D eigenvalue weighted by Gasteiger charge is 2.09. The second-order valence-electron chi connectivity index (χ2n) is 4.16. The van der Waals surface area contributed by atoms with Crippen LogP contribution in [0.25, 0.3) is 31.7 Å². The Morgan fingerprint density at radius 1 is 0.947 bits per heavy atom. The van der Waals surface area contributed by atoms with E-state index in [1.54, 1.807) is 17.5 Å². The highest BCUT2D eigenvalue weighted by atomic mass is 32.1. The van der Waals surface area contributed by atoms with E-state index in [2.05, 4.69) is 33.6 Å². The number of thiophene rings is 1. The van der Waals surface area contributed by atoms with Crippen molar-refractivity contribution in [1.82, 2.24) is 20.4 Å². The number of hydrogen-bond donors (Lipinski definition) is 0. The van der Waals surface area contributed by atoms with Crippen LogP contribution in [0.2, 0.25) is 0 Å². The number of fused-ring (bicyclic) bond motifs is 3. The summed E-state index contributed by atoms with van der Waals surface area (Å²) >= 11 is 1.59. The fraction of sp³-hybridized carbons (Fsp3) is 0. The van der Waals surface area contributed by atoms with Gasteiger partial charge in [-0.3, -0.25) is 0 Å². The van der Waals surface area contributed by atoms with Crippen molar-refractivity contribution in [2.75, 3.05) is 0 Å². The van der Waals surface area contributed by atoms with E-state index in [9.17, 15) is 0 Å². The predicted molar refractivity (Wildman–Crippen MR) is 75.9 cm³/mol. The molecule has 0 bridgehead atoms. The van der Waals surface area contributed by atoms with E-state index in [1.807, 2.05) is 24.3 Å². The van der Waals surface area contributed by atoms with Gasteiger partial charge < -0.3 is 0 Å². The van der Waals surface area contributed by atoms with Gasteiger partial charge >= 0.3 is 0 Å². The molecule has 4 nitrogen and oxygen atoms in total. The van der Waals surface area contributed by atoms with Gasteiger partial charge in [-0.15, -0.1) is 21.5 Å². The van der Waals surface area contributed by atoms with Gasteiger partial charge in [-0.05, 0) is 17.3 Å². The molecule has 0 saturated carbocycles. The molecule has 0 fully saturated rings. The lowest BCUT2D eigenvalue weighted by Crippen LogP contribution is -1.84. The molecule has 3 heterocycles. The Morgan fingerprint density at radius 2 is 1.84 bits per heavy atom. The Balaban J connectivity index is 1.99. The minimum atomic E-state index is 0.877. The van der Waals surface area contributed by atoms with Crippen LogP contribution < -0.4 is 0 Å². The van der Waals surface area contributed by atoms with Crippen LogP contribution in [0.15, 0.2) is 48.7 Å². The molecule has 0 aliphatic rings. The molecule has 90 valence electrons. The van der Waals surface area contributed by atoms with Crippen LogP contribution in [0.4, 0.5) is 0 Å². The molecule has 0 aliphatic carbocycles. The van der Waals surface area contributed by atoms with Gasteiger partial charge in [0.1, 0.15) is 10.3 Å². The van der Waals surface area contributed by atoms with Crippen LogP contribution in [0.3, 0.4) is 0 Å². The third-order valence-electron chi connectivity index (χ3n) is 3.00. The standard InChI is InChI=1S/C14H8N4S/c1-2-4-9(5-3-1)11-7-6-10-13-12(8-15-18-17-13)19-14(10)16-11/h1-8H. The lowest BCUT2D eigenvalue weighted by molar-refractivity contribution is 0.899. The molecule has 0 N–H and O–H groups in total. The van der Waals surface area contributed by atoms with Crippen molar-refractivity contribution in [2.45, 2.75) is 0 Å². The fourth-order valence-electron chi connectivity index (χ4n) is 2.09. The molecule has 4 aromatic rings. The lowest BCUT2D eigenvalue weighted by Gasteiger charge is -1.99.